The number of nitrogens with zero attached hydrogens (tertiary/aromatic N) is 2. The van der Waals surface area contributed by atoms with Crippen LogP contribution in [0.1, 0.15) is 10.4 Å². The van der Waals surface area contributed by atoms with Gasteiger partial charge < -0.3 is 15.5 Å². The van der Waals surface area contributed by atoms with Crippen molar-refractivity contribution in [1.29, 1.82) is 0 Å². The topological polar surface area (TPSA) is 56.7 Å². The summed E-state index contributed by atoms with van der Waals surface area (Å²) in [6, 6.07) is 10.2. The molecule has 2 aromatic rings. The van der Waals surface area contributed by atoms with Crippen LogP contribution in [-0.2, 0) is 17.9 Å². The first-order valence-corrected chi connectivity index (χ1v) is 8.41. The van der Waals surface area contributed by atoms with Crippen LogP contribution in [0, 0.1) is 5.82 Å². The van der Waals surface area contributed by atoms with Gasteiger partial charge in [0.2, 0.25) is 5.91 Å². The van der Waals surface area contributed by atoms with E-state index in [0.29, 0.717) is 19.0 Å². The minimum Gasteiger partial charge on any atom is -0.351 e. The van der Waals surface area contributed by atoms with Gasteiger partial charge in [-0.25, -0.2) is 9.38 Å². The lowest BCUT2D eigenvalue weighted by Crippen LogP contribution is -2.42. The number of hydrogen-bond donors (Lipinski definition) is 2. The summed E-state index contributed by atoms with van der Waals surface area (Å²) in [6.07, 6.45) is 0. The Morgan fingerprint density at radius 1 is 1.21 bits per heavy atom. The molecule has 0 radical (unpaired) electrons. The molecule has 2 rings (SSSR count). The number of amides is 1. The molecule has 1 heterocycles. The number of rotatable bonds is 6. The van der Waals surface area contributed by atoms with Crippen molar-refractivity contribution in [1.82, 2.24) is 15.5 Å². The summed E-state index contributed by atoms with van der Waals surface area (Å²) < 4.78 is 12.9. The van der Waals surface area contributed by atoms with Crippen LogP contribution in [0.5, 0.6) is 0 Å². The smallest absolute Gasteiger partial charge is 0.241 e. The molecule has 1 aromatic heterocycles. The number of halogens is 1. The van der Waals surface area contributed by atoms with Crippen LogP contribution in [0.2, 0.25) is 0 Å². The Morgan fingerprint density at radius 2 is 1.96 bits per heavy atom. The van der Waals surface area contributed by atoms with Crippen LogP contribution >= 0.6 is 11.3 Å². The summed E-state index contributed by atoms with van der Waals surface area (Å²) in [6.45, 7) is 1.19. The second-order valence-electron chi connectivity index (χ2n) is 5.37. The Kier molecular flexibility index (Phi) is 6.74. The van der Waals surface area contributed by atoms with Gasteiger partial charge in [-0.05, 0) is 29.1 Å². The quantitative estimate of drug-likeness (QED) is 0.622. The molecule has 1 aromatic carbocycles. The SMILES string of the molecule is CN(C)C(=O)CNC(=NCc1ccc(F)cc1)NCc1cccs1. The minimum absolute atomic E-state index is 0.0394. The number of carbonyl (C=O) groups is 1. The molecule has 0 aliphatic carbocycles. The second kappa shape index (κ2) is 9.02. The first-order valence-electron chi connectivity index (χ1n) is 7.54. The van der Waals surface area contributed by atoms with Crippen molar-refractivity contribution in [3.05, 3.63) is 58.0 Å². The molecule has 0 aliphatic rings. The molecular formula is C17H21FN4OS. The van der Waals surface area contributed by atoms with E-state index in [1.165, 1.54) is 21.9 Å². The monoisotopic (exact) mass is 348 g/mol. The van der Waals surface area contributed by atoms with Gasteiger partial charge in [0.25, 0.3) is 0 Å². The van der Waals surface area contributed by atoms with Crippen molar-refractivity contribution in [3.8, 4) is 0 Å². The fraction of sp³-hybridized carbons (Fsp3) is 0.294. The number of hydrogen-bond acceptors (Lipinski definition) is 3. The molecule has 0 bridgehead atoms. The van der Waals surface area contributed by atoms with Gasteiger partial charge in [-0.3, -0.25) is 4.79 Å². The summed E-state index contributed by atoms with van der Waals surface area (Å²) >= 11 is 1.65. The van der Waals surface area contributed by atoms with E-state index in [-0.39, 0.29) is 18.3 Å². The normalized spacial score (nSPS) is 11.2. The van der Waals surface area contributed by atoms with E-state index in [1.807, 2.05) is 17.5 Å². The predicted octanol–water partition coefficient (Wildman–Crippen LogP) is 2.21. The number of guanidine groups is 1. The molecule has 0 fully saturated rings. The number of aliphatic imine (C=N–C) groups is 1. The zero-order chi connectivity index (χ0) is 17.4. The van der Waals surface area contributed by atoms with Gasteiger partial charge in [-0.2, -0.15) is 0 Å². The van der Waals surface area contributed by atoms with E-state index in [9.17, 15) is 9.18 Å². The largest absolute Gasteiger partial charge is 0.351 e. The third-order valence-corrected chi connectivity index (χ3v) is 4.13. The molecule has 0 aliphatic heterocycles. The van der Waals surface area contributed by atoms with Crippen molar-refractivity contribution in [3.63, 3.8) is 0 Å². The third kappa shape index (κ3) is 6.00. The minimum atomic E-state index is -0.270. The number of likely N-dealkylation sites (N-methyl/N-ethyl adjacent to an activating group) is 1. The Balaban J connectivity index is 1.98. The standard InChI is InChI=1S/C17H21FN4OS/c1-22(2)16(23)12-21-17(20-11-15-4-3-9-24-15)19-10-13-5-7-14(18)8-6-13/h3-9H,10-12H2,1-2H3,(H2,19,20,21). The van der Waals surface area contributed by atoms with E-state index in [0.717, 1.165) is 5.56 Å². The average molecular weight is 348 g/mol. The fourth-order valence-corrected chi connectivity index (χ4v) is 2.48. The maximum atomic E-state index is 12.9. The molecule has 24 heavy (non-hydrogen) atoms. The molecule has 0 atom stereocenters. The van der Waals surface area contributed by atoms with Crippen LogP contribution in [0.15, 0.2) is 46.8 Å². The molecule has 7 heteroatoms. The lowest BCUT2D eigenvalue weighted by molar-refractivity contribution is -0.127. The second-order valence-corrected chi connectivity index (χ2v) is 6.40. The van der Waals surface area contributed by atoms with Gasteiger partial charge in [-0.1, -0.05) is 18.2 Å². The molecule has 1 amide bonds. The van der Waals surface area contributed by atoms with Gasteiger partial charge >= 0.3 is 0 Å². The highest BCUT2D eigenvalue weighted by molar-refractivity contribution is 7.09. The highest BCUT2D eigenvalue weighted by atomic mass is 32.1. The van der Waals surface area contributed by atoms with Crippen LogP contribution in [0.25, 0.3) is 0 Å². The Labute approximate surface area is 145 Å². The van der Waals surface area contributed by atoms with Crippen LogP contribution < -0.4 is 10.6 Å². The Bertz CT molecular complexity index is 668. The Morgan fingerprint density at radius 3 is 2.58 bits per heavy atom. The van der Waals surface area contributed by atoms with Gasteiger partial charge in [0, 0.05) is 19.0 Å². The maximum Gasteiger partial charge on any atom is 0.241 e. The summed E-state index contributed by atoms with van der Waals surface area (Å²) in [7, 11) is 3.41. The van der Waals surface area contributed by atoms with Crippen molar-refractivity contribution < 1.29 is 9.18 Å². The first kappa shape index (κ1) is 17.9. The third-order valence-electron chi connectivity index (χ3n) is 3.25. The fourth-order valence-electron chi connectivity index (χ4n) is 1.84. The molecule has 0 unspecified atom stereocenters. The number of benzene rings is 1. The zero-order valence-electron chi connectivity index (χ0n) is 13.8. The van der Waals surface area contributed by atoms with E-state index in [2.05, 4.69) is 15.6 Å². The molecule has 128 valence electrons. The number of thiophene rings is 1. The van der Waals surface area contributed by atoms with E-state index >= 15 is 0 Å². The van der Waals surface area contributed by atoms with Crippen molar-refractivity contribution in [2.45, 2.75) is 13.1 Å². The molecule has 0 saturated carbocycles. The number of carbonyl (C=O) groups excluding carboxylic acids is 1. The predicted molar refractivity (Wildman–Crippen MR) is 95.4 cm³/mol. The number of nitrogens with one attached hydrogen (secondary N) is 2. The van der Waals surface area contributed by atoms with Gasteiger partial charge in [-0.15, -0.1) is 11.3 Å². The first-order chi connectivity index (χ1) is 11.5. The lowest BCUT2D eigenvalue weighted by Gasteiger charge is -2.14. The van der Waals surface area contributed by atoms with Gasteiger partial charge in [0.05, 0.1) is 19.6 Å². The van der Waals surface area contributed by atoms with Crippen molar-refractivity contribution in [2.75, 3.05) is 20.6 Å². The Hall–Kier alpha value is -2.41. The zero-order valence-corrected chi connectivity index (χ0v) is 14.6. The van der Waals surface area contributed by atoms with Crippen LogP contribution in [0.4, 0.5) is 4.39 Å². The van der Waals surface area contributed by atoms with Crippen LogP contribution in [0.3, 0.4) is 0 Å². The summed E-state index contributed by atoms with van der Waals surface area (Å²) in [5, 5.41) is 8.23. The average Bonchev–Trinajstić information content (AvgIpc) is 3.08. The van der Waals surface area contributed by atoms with Crippen LogP contribution in [-0.4, -0.2) is 37.4 Å². The molecule has 2 N–H and O–H groups in total. The van der Waals surface area contributed by atoms with Gasteiger partial charge in [0.15, 0.2) is 5.96 Å². The molecular weight excluding hydrogens is 327 g/mol. The maximum absolute atomic E-state index is 12.9. The van der Waals surface area contributed by atoms with E-state index in [1.54, 1.807) is 37.6 Å². The van der Waals surface area contributed by atoms with E-state index in [4.69, 9.17) is 0 Å². The van der Waals surface area contributed by atoms with Crippen molar-refractivity contribution >= 4 is 23.2 Å². The lowest BCUT2D eigenvalue weighted by atomic mass is 10.2. The molecule has 0 spiro atoms. The summed E-state index contributed by atoms with van der Waals surface area (Å²) in [5.74, 6) is 0.235. The van der Waals surface area contributed by atoms with Crippen molar-refractivity contribution in [2.24, 2.45) is 4.99 Å². The summed E-state index contributed by atoms with van der Waals surface area (Å²) in [4.78, 5) is 18.9. The summed E-state index contributed by atoms with van der Waals surface area (Å²) in [5.41, 5.74) is 0.896. The molecule has 5 nitrogen and oxygen atoms in total. The highest BCUT2D eigenvalue weighted by Crippen LogP contribution is 2.07. The van der Waals surface area contributed by atoms with E-state index < -0.39 is 0 Å². The highest BCUT2D eigenvalue weighted by Gasteiger charge is 2.06. The molecule has 0 saturated heterocycles. The van der Waals surface area contributed by atoms with Gasteiger partial charge in [0.1, 0.15) is 5.82 Å².